The molecule has 0 saturated carbocycles. The number of rotatable bonds is 8. The lowest BCUT2D eigenvalue weighted by atomic mass is 9.72. The van der Waals surface area contributed by atoms with Crippen LogP contribution < -0.4 is 10.1 Å². The Hall–Kier alpha value is -2.94. The van der Waals surface area contributed by atoms with Crippen molar-refractivity contribution in [2.45, 2.75) is 63.9 Å². The normalized spacial score (nSPS) is 19.7. The van der Waals surface area contributed by atoms with E-state index in [0.717, 1.165) is 40.7 Å². The summed E-state index contributed by atoms with van der Waals surface area (Å²) in [5, 5.41) is 17.8. The maximum absolute atomic E-state index is 13.5. The summed E-state index contributed by atoms with van der Waals surface area (Å²) in [6.45, 7) is 5.90. The molecule has 2 unspecified atom stereocenters. The van der Waals surface area contributed by atoms with Crippen LogP contribution in [0.1, 0.15) is 62.4 Å². The quantitative estimate of drug-likeness (QED) is 0.451. The zero-order chi connectivity index (χ0) is 28.6. The number of carbonyl (C=O) groups excluding carboxylic acids is 1. The number of nitriles is 1. The summed E-state index contributed by atoms with van der Waals surface area (Å²) in [5.41, 5.74) is 4.59. The lowest BCUT2D eigenvalue weighted by molar-refractivity contribution is -0.117. The third-order valence-electron chi connectivity index (χ3n) is 7.32. The van der Waals surface area contributed by atoms with E-state index in [9.17, 15) is 18.5 Å². The molecular weight excluding hydrogens is 582 g/mol. The van der Waals surface area contributed by atoms with Crippen LogP contribution in [-0.2, 0) is 28.5 Å². The number of aromatic nitrogens is 2. The van der Waals surface area contributed by atoms with Gasteiger partial charge in [-0.1, -0.05) is 13.3 Å². The van der Waals surface area contributed by atoms with E-state index in [2.05, 4.69) is 39.3 Å². The number of nitrogens with zero attached hydrogens (tertiary/aromatic N) is 4. The molecule has 0 radical (unpaired) electrons. The Kier molecular flexibility index (Phi) is 8.40. The lowest BCUT2D eigenvalue weighted by Crippen LogP contribution is -2.34. The third-order valence-corrected chi connectivity index (χ3v) is 9.73. The molecule has 9 nitrogen and oxygen atoms in total. The number of ether oxygens (including phenoxy) is 1. The van der Waals surface area contributed by atoms with Gasteiger partial charge in [-0.15, -0.1) is 0 Å². The SMILES string of the molecule is CCCC1CC(=O)C2=C(C1)NC(C)=C(C#N)C2c1cc(Br)c(OCc2cc(C)nn2C)c(S(=O)(=O)N(C)C)c1. The molecule has 2 aliphatic rings. The van der Waals surface area contributed by atoms with Crippen molar-refractivity contribution < 1.29 is 17.9 Å². The highest BCUT2D eigenvalue weighted by molar-refractivity contribution is 9.10. The van der Waals surface area contributed by atoms with Crippen molar-refractivity contribution in [2.24, 2.45) is 13.0 Å². The van der Waals surface area contributed by atoms with Gasteiger partial charge in [-0.25, -0.2) is 12.7 Å². The molecule has 0 spiro atoms. The molecule has 0 fully saturated rings. The number of aryl methyl sites for hydroxylation is 2. The molecule has 39 heavy (non-hydrogen) atoms. The maximum Gasteiger partial charge on any atom is 0.246 e. The summed E-state index contributed by atoms with van der Waals surface area (Å²) in [6.07, 6.45) is 3.07. The monoisotopic (exact) mass is 615 g/mol. The van der Waals surface area contributed by atoms with E-state index < -0.39 is 15.9 Å². The second-order valence-corrected chi connectivity index (χ2v) is 13.4. The van der Waals surface area contributed by atoms with Crippen LogP contribution in [0.2, 0.25) is 0 Å². The lowest BCUT2D eigenvalue weighted by Gasteiger charge is -2.35. The van der Waals surface area contributed by atoms with Gasteiger partial charge in [0, 0.05) is 44.5 Å². The molecule has 2 aromatic rings. The highest BCUT2D eigenvalue weighted by atomic mass is 79.9. The summed E-state index contributed by atoms with van der Waals surface area (Å²) >= 11 is 3.55. The number of halogens is 1. The molecule has 2 heterocycles. The molecule has 2 atom stereocenters. The number of benzene rings is 1. The van der Waals surface area contributed by atoms with E-state index in [4.69, 9.17) is 4.74 Å². The van der Waals surface area contributed by atoms with Crippen LogP contribution in [-0.4, -0.2) is 42.4 Å². The van der Waals surface area contributed by atoms with Crippen LogP contribution in [0.4, 0.5) is 0 Å². The Morgan fingerprint density at radius 1 is 1.26 bits per heavy atom. The Bertz CT molecular complexity index is 1530. The Balaban J connectivity index is 1.87. The number of hydrogen-bond acceptors (Lipinski definition) is 7. The molecule has 1 aliphatic heterocycles. The van der Waals surface area contributed by atoms with Crippen LogP contribution in [0.15, 0.2) is 50.1 Å². The minimum absolute atomic E-state index is 0.00695. The Labute approximate surface area is 238 Å². The summed E-state index contributed by atoms with van der Waals surface area (Å²) in [7, 11) is 0.757. The van der Waals surface area contributed by atoms with E-state index >= 15 is 0 Å². The number of allylic oxidation sites excluding steroid dienone is 4. The van der Waals surface area contributed by atoms with Gasteiger partial charge in [0.05, 0.1) is 33.4 Å². The Morgan fingerprint density at radius 2 is 1.97 bits per heavy atom. The first-order valence-corrected chi connectivity index (χ1v) is 15.1. The van der Waals surface area contributed by atoms with Gasteiger partial charge < -0.3 is 10.1 Å². The molecule has 1 aromatic heterocycles. The largest absolute Gasteiger partial charge is 0.485 e. The molecule has 208 valence electrons. The number of carbonyl (C=O) groups is 1. The summed E-state index contributed by atoms with van der Waals surface area (Å²) in [5.74, 6) is -0.282. The van der Waals surface area contributed by atoms with Gasteiger partial charge in [0.15, 0.2) is 11.5 Å². The number of ketones is 1. The highest BCUT2D eigenvalue weighted by Crippen LogP contribution is 2.46. The van der Waals surface area contributed by atoms with Crippen molar-refractivity contribution in [3.8, 4) is 11.8 Å². The predicted octanol–water partition coefficient (Wildman–Crippen LogP) is 4.84. The van der Waals surface area contributed by atoms with Crippen LogP contribution in [0, 0.1) is 24.2 Å². The van der Waals surface area contributed by atoms with Gasteiger partial charge in [-0.05, 0) is 72.3 Å². The van der Waals surface area contributed by atoms with Crippen molar-refractivity contribution >= 4 is 31.7 Å². The Morgan fingerprint density at radius 3 is 2.56 bits per heavy atom. The molecule has 0 bridgehead atoms. The van der Waals surface area contributed by atoms with E-state index in [1.54, 1.807) is 23.9 Å². The number of Topliss-reactive ketones (excluding diaryl/α,β-unsaturated/α-hetero) is 1. The molecule has 1 N–H and O–H groups in total. The van der Waals surface area contributed by atoms with E-state index in [-0.39, 0.29) is 29.0 Å². The smallest absolute Gasteiger partial charge is 0.246 e. The average Bonchev–Trinajstić information content (AvgIpc) is 3.18. The van der Waals surface area contributed by atoms with Crippen LogP contribution in [0.5, 0.6) is 5.75 Å². The second-order valence-electron chi connectivity index (χ2n) is 10.4. The van der Waals surface area contributed by atoms with Crippen molar-refractivity contribution in [1.29, 1.82) is 5.26 Å². The van der Waals surface area contributed by atoms with Crippen molar-refractivity contribution in [3.63, 3.8) is 0 Å². The molecule has 4 rings (SSSR count). The zero-order valence-electron chi connectivity index (χ0n) is 23.1. The summed E-state index contributed by atoms with van der Waals surface area (Å²) < 4.78 is 36.4. The number of nitrogens with one attached hydrogen (secondary N) is 1. The van der Waals surface area contributed by atoms with Gasteiger partial charge in [-0.2, -0.15) is 10.4 Å². The van der Waals surface area contributed by atoms with Crippen LogP contribution in [0.25, 0.3) is 0 Å². The van der Waals surface area contributed by atoms with E-state index in [1.165, 1.54) is 14.1 Å². The van der Waals surface area contributed by atoms with Crippen LogP contribution >= 0.6 is 15.9 Å². The molecular formula is C28H34BrN5O4S. The van der Waals surface area contributed by atoms with E-state index in [1.807, 2.05) is 19.9 Å². The molecule has 1 aliphatic carbocycles. The maximum atomic E-state index is 13.5. The number of sulfonamides is 1. The standard InChI is InChI=1S/C28H34BrN5O4S/c1-7-8-18-10-23-27(24(35)11-18)26(21(14-30)17(3)31-23)19-12-22(29)28(25(13-19)39(36,37)33(4)5)38-15-20-9-16(2)32-34(20)6/h9,12-13,18,26,31H,7-8,10-11,15H2,1-6H3. The van der Waals surface area contributed by atoms with Gasteiger partial charge in [0.2, 0.25) is 10.0 Å². The summed E-state index contributed by atoms with van der Waals surface area (Å²) in [4.78, 5) is 13.5. The molecule has 0 amide bonds. The fourth-order valence-corrected chi connectivity index (χ4v) is 7.25. The van der Waals surface area contributed by atoms with Gasteiger partial charge in [-0.3, -0.25) is 9.48 Å². The predicted molar refractivity (Wildman–Crippen MR) is 151 cm³/mol. The second kappa shape index (κ2) is 11.3. The van der Waals surface area contributed by atoms with Gasteiger partial charge in [0.25, 0.3) is 0 Å². The first kappa shape index (κ1) is 29.1. The minimum Gasteiger partial charge on any atom is -0.485 e. The van der Waals surface area contributed by atoms with Gasteiger partial charge >= 0.3 is 0 Å². The van der Waals surface area contributed by atoms with Crippen molar-refractivity contribution in [3.05, 3.63) is 62.2 Å². The highest BCUT2D eigenvalue weighted by Gasteiger charge is 2.39. The van der Waals surface area contributed by atoms with Gasteiger partial charge in [0.1, 0.15) is 11.5 Å². The molecule has 1 aromatic carbocycles. The summed E-state index contributed by atoms with van der Waals surface area (Å²) in [6, 6.07) is 7.45. The van der Waals surface area contributed by atoms with Crippen LogP contribution in [0.3, 0.4) is 0 Å². The minimum atomic E-state index is -3.96. The van der Waals surface area contributed by atoms with Crippen molar-refractivity contribution in [2.75, 3.05) is 14.1 Å². The molecule has 11 heteroatoms. The third kappa shape index (κ3) is 5.55. The number of dihydropyridines is 1. The fraction of sp³-hybridized carbons (Fsp3) is 0.464. The molecule has 0 saturated heterocycles. The fourth-order valence-electron chi connectivity index (χ4n) is 5.44. The first-order chi connectivity index (χ1) is 18.4. The average molecular weight is 617 g/mol. The topological polar surface area (TPSA) is 117 Å². The van der Waals surface area contributed by atoms with Crippen molar-refractivity contribution in [1.82, 2.24) is 19.4 Å². The zero-order valence-corrected chi connectivity index (χ0v) is 25.5. The van der Waals surface area contributed by atoms with E-state index in [0.29, 0.717) is 33.3 Å². The number of hydrogen-bond donors (Lipinski definition) is 1. The first-order valence-electron chi connectivity index (χ1n) is 12.9.